The second-order valence-electron chi connectivity index (χ2n) is 5.31. The molecule has 0 amide bonds. The molecule has 0 bridgehead atoms. The lowest BCUT2D eigenvalue weighted by Crippen LogP contribution is -2.06. The molecule has 120 valence electrons. The Balaban J connectivity index is 2.09. The van der Waals surface area contributed by atoms with E-state index in [1.165, 1.54) is 0 Å². The summed E-state index contributed by atoms with van der Waals surface area (Å²) in [7, 11) is 0. The third-order valence-corrected chi connectivity index (χ3v) is 3.79. The minimum atomic E-state index is -4.55. The van der Waals surface area contributed by atoms with Crippen molar-refractivity contribution in [1.82, 2.24) is 10.2 Å². The predicted molar refractivity (Wildman–Crippen MR) is 84.2 cm³/mol. The van der Waals surface area contributed by atoms with Crippen LogP contribution in [-0.4, -0.2) is 10.2 Å². The van der Waals surface area contributed by atoms with Gasteiger partial charge in [-0.25, -0.2) is 0 Å². The average molecular weight is 328 g/mol. The van der Waals surface area contributed by atoms with Crippen molar-refractivity contribution < 1.29 is 17.6 Å². The molecule has 0 atom stereocenters. The molecule has 0 unspecified atom stereocenters. The Kier molecular flexibility index (Phi) is 3.19. The van der Waals surface area contributed by atoms with Gasteiger partial charge in [-0.05, 0) is 5.56 Å². The number of fused-ring (bicyclic) bond motifs is 1. The molecular formula is C18H11F3N2O. The molecule has 0 aliphatic carbocycles. The summed E-state index contributed by atoms with van der Waals surface area (Å²) in [6.45, 7) is 0. The quantitative estimate of drug-likeness (QED) is 0.527. The van der Waals surface area contributed by atoms with E-state index in [-0.39, 0.29) is 11.1 Å². The molecule has 2 aromatic heterocycles. The van der Waals surface area contributed by atoms with E-state index in [2.05, 4.69) is 10.2 Å². The molecule has 0 saturated carbocycles. The van der Waals surface area contributed by atoms with Gasteiger partial charge in [0.2, 0.25) is 5.71 Å². The van der Waals surface area contributed by atoms with Gasteiger partial charge in [-0.15, -0.1) is 5.10 Å². The number of hydrogen-bond acceptors (Lipinski definition) is 2. The molecule has 4 rings (SSSR count). The number of halogens is 3. The minimum Gasteiger partial charge on any atom is -0.436 e. The van der Waals surface area contributed by atoms with Crippen LogP contribution in [0.4, 0.5) is 13.2 Å². The van der Waals surface area contributed by atoms with E-state index < -0.39 is 11.9 Å². The second-order valence-corrected chi connectivity index (χ2v) is 5.31. The lowest BCUT2D eigenvalue weighted by atomic mass is 9.98. The van der Waals surface area contributed by atoms with E-state index in [9.17, 15) is 13.2 Å². The standard InChI is InChI=1S/C18H11F3N2O/c19-18(20,21)16-14-13(11-7-3-1-4-8-11)15(24-17(14)23-22-16)12-9-5-2-6-10-12/h1-10H,(H,22,23). The minimum absolute atomic E-state index is 0.0486. The Bertz CT molecular complexity index is 986. The van der Waals surface area contributed by atoms with Crippen molar-refractivity contribution >= 4 is 11.1 Å². The fourth-order valence-corrected chi connectivity index (χ4v) is 2.77. The van der Waals surface area contributed by atoms with Crippen molar-refractivity contribution in [2.24, 2.45) is 0 Å². The summed E-state index contributed by atoms with van der Waals surface area (Å²) in [5.74, 6) is 0.374. The van der Waals surface area contributed by atoms with Gasteiger partial charge >= 0.3 is 6.18 Å². The number of rotatable bonds is 2. The molecule has 4 aromatic rings. The van der Waals surface area contributed by atoms with E-state index in [0.29, 0.717) is 22.5 Å². The van der Waals surface area contributed by atoms with Crippen molar-refractivity contribution in [1.29, 1.82) is 0 Å². The fourth-order valence-electron chi connectivity index (χ4n) is 2.77. The van der Waals surface area contributed by atoms with Gasteiger partial charge < -0.3 is 4.42 Å². The summed E-state index contributed by atoms with van der Waals surface area (Å²) in [6, 6.07) is 17.9. The monoisotopic (exact) mass is 328 g/mol. The van der Waals surface area contributed by atoms with E-state index in [4.69, 9.17) is 4.42 Å². The summed E-state index contributed by atoms with van der Waals surface area (Å²) >= 11 is 0. The van der Waals surface area contributed by atoms with Crippen LogP contribution in [0.1, 0.15) is 5.69 Å². The third kappa shape index (κ3) is 2.27. The van der Waals surface area contributed by atoms with Crippen LogP contribution in [0.2, 0.25) is 0 Å². The van der Waals surface area contributed by atoms with Gasteiger partial charge in [0.15, 0.2) is 5.69 Å². The summed E-state index contributed by atoms with van der Waals surface area (Å²) in [5.41, 5.74) is 0.768. The molecule has 0 aliphatic heterocycles. The largest absolute Gasteiger partial charge is 0.436 e. The molecule has 0 aliphatic rings. The summed E-state index contributed by atoms with van der Waals surface area (Å²) < 4.78 is 45.7. The SMILES string of the molecule is FC(F)(F)c1[nH]nc2oc(-c3ccccc3)c(-c3ccccc3)c12. The first-order valence-corrected chi connectivity index (χ1v) is 7.24. The number of hydrogen-bond donors (Lipinski definition) is 1. The van der Waals surface area contributed by atoms with Crippen LogP contribution in [-0.2, 0) is 6.18 Å². The van der Waals surface area contributed by atoms with Crippen molar-refractivity contribution in [2.75, 3.05) is 0 Å². The Morgan fingerprint density at radius 2 is 1.42 bits per heavy atom. The summed E-state index contributed by atoms with van der Waals surface area (Å²) in [5, 5.41) is 5.71. The van der Waals surface area contributed by atoms with Gasteiger partial charge in [0, 0.05) is 11.1 Å². The van der Waals surface area contributed by atoms with Crippen molar-refractivity contribution in [2.45, 2.75) is 6.18 Å². The second kappa shape index (κ2) is 5.26. The molecule has 1 N–H and O–H groups in total. The molecule has 0 saturated heterocycles. The van der Waals surface area contributed by atoms with E-state index in [1.807, 2.05) is 24.3 Å². The molecule has 6 heteroatoms. The summed E-state index contributed by atoms with van der Waals surface area (Å²) in [4.78, 5) is 0. The van der Waals surface area contributed by atoms with E-state index >= 15 is 0 Å². The fraction of sp³-hybridized carbons (Fsp3) is 0.0556. The lowest BCUT2D eigenvalue weighted by Gasteiger charge is -2.07. The highest BCUT2D eigenvalue weighted by Crippen LogP contribution is 2.45. The van der Waals surface area contributed by atoms with Crippen molar-refractivity contribution in [3.8, 4) is 22.5 Å². The smallest absolute Gasteiger partial charge is 0.433 e. The van der Waals surface area contributed by atoms with E-state index in [1.54, 1.807) is 36.4 Å². The van der Waals surface area contributed by atoms with Crippen LogP contribution in [0.15, 0.2) is 65.1 Å². The van der Waals surface area contributed by atoms with Crippen LogP contribution in [0.5, 0.6) is 0 Å². The molecule has 3 nitrogen and oxygen atoms in total. The topological polar surface area (TPSA) is 41.8 Å². The lowest BCUT2D eigenvalue weighted by molar-refractivity contribution is -0.139. The summed E-state index contributed by atoms with van der Waals surface area (Å²) in [6.07, 6.45) is -4.55. The maximum atomic E-state index is 13.3. The normalized spacial score (nSPS) is 12.0. The molecule has 0 spiro atoms. The number of aromatic amines is 1. The molecule has 2 aromatic carbocycles. The molecule has 24 heavy (non-hydrogen) atoms. The van der Waals surface area contributed by atoms with Gasteiger partial charge in [-0.2, -0.15) is 13.2 Å². The van der Waals surface area contributed by atoms with Crippen LogP contribution in [0, 0.1) is 0 Å². The Morgan fingerprint density at radius 1 is 0.833 bits per heavy atom. The first-order valence-electron chi connectivity index (χ1n) is 7.24. The number of nitrogens with zero attached hydrogens (tertiary/aromatic N) is 1. The first-order chi connectivity index (χ1) is 11.6. The molecular weight excluding hydrogens is 317 g/mol. The van der Waals surface area contributed by atoms with Crippen LogP contribution in [0.3, 0.4) is 0 Å². The molecule has 0 radical (unpaired) electrons. The first kappa shape index (κ1) is 14.6. The average Bonchev–Trinajstić information content (AvgIpc) is 3.14. The Morgan fingerprint density at radius 3 is 2.00 bits per heavy atom. The highest BCUT2D eigenvalue weighted by atomic mass is 19.4. The van der Waals surface area contributed by atoms with E-state index in [0.717, 1.165) is 0 Å². The van der Waals surface area contributed by atoms with Crippen molar-refractivity contribution in [3.63, 3.8) is 0 Å². The predicted octanol–water partition coefficient (Wildman–Crippen LogP) is 5.51. The van der Waals surface area contributed by atoms with Gasteiger partial charge in [0.25, 0.3) is 0 Å². The van der Waals surface area contributed by atoms with Crippen LogP contribution in [0.25, 0.3) is 33.6 Å². The van der Waals surface area contributed by atoms with Crippen LogP contribution >= 0.6 is 0 Å². The molecule has 2 heterocycles. The van der Waals surface area contributed by atoms with Crippen LogP contribution < -0.4 is 0 Å². The number of benzene rings is 2. The number of H-pyrrole nitrogens is 1. The number of aromatic nitrogens is 2. The number of nitrogens with one attached hydrogen (secondary N) is 1. The number of furan rings is 1. The zero-order chi connectivity index (χ0) is 16.7. The van der Waals surface area contributed by atoms with Gasteiger partial charge in [-0.1, -0.05) is 60.7 Å². The van der Waals surface area contributed by atoms with Gasteiger partial charge in [0.05, 0.1) is 5.39 Å². The highest BCUT2D eigenvalue weighted by molar-refractivity contribution is 6.02. The van der Waals surface area contributed by atoms with Gasteiger partial charge in [-0.3, -0.25) is 5.10 Å². The maximum Gasteiger partial charge on any atom is 0.433 e. The zero-order valence-electron chi connectivity index (χ0n) is 12.3. The number of alkyl halides is 3. The van der Waals surface area contributed by atoms with Gasteiger partial charge in [0.1, 0.15) is 5.76 Å². The maximum absolute atomic E-state index is 13.3. The highest BCUT2D eigenvalue weighted by Gasteiger charge is 2.38. The zero-order valence-corrected chi connectivity index (χ0v) is 12.3. The molecule has 0 fully saturated rings. The Hall–Kier alpha value is -3.02. The van der Waals surface area contributed by atoms with Crippen molar-refractivity contribution in [3.05, 3.63) is 66.4 Å². The Labute approximate surface area is 134 Å². The third-order valence-electron chi connectivity index (χ3n) is 3.79.